The van der Waals surface area contributed by atoms with Gasteiger partial charge in [0.05, 0.1) is 11.6 Å². The van der Waals surface area contributed by atoms with Crippen molar-refractivity contribution in [3.8, 4) is 11.3 Å². The molecule has 0 bridgehead atoms. The summed E-state index contributed by atoms with van der Waals surface area (Å²) in [6.07, 6.45) is 3.62. The first-order valence-corrected chi connectivity index (χ1v) is 8.03. The Morgan fingerprint density at radius 2 is 1.92 bits per heavy atom. The van der Waals surface area contributed by atoms with Crippen LogP contribution in [0.5, 0.6) is 0 Å². The van der Waals surface area contributed by atoms with Gasteiger partial charge in [0.15, 0.2) is 0 Å². The minimum absolute atomic E-state index is 0. The van der Waals surface area contributed by atoms with Crippen LogP contribution in [0.2, 0.25) is 5.02 Å². The van der Waals surface area contributed by atoms with Crippen molar-refractivity contribution in [2.45, 2.75) is 13.1 Å². The van der Waals surface area contributed by atoms with E-state index in [1.807, 2.05) is 48.7 Å². The van der Waals surface area contributed by atoms with Crippen LogP contribution in [0.25, 0.3) is 11.3 Å². The second-order valence-corrected chi connectivity index (χ2v) is 6.18. The highest BCUT2D eigenvalue weighted by Crippen LogP contribution is 2.31. The lowest BCUT2D eigenvalue weighted by Gasteiger charge is -2.03. The van der Waals surface area contributed by atoms with E-state index < -0.39 is 0 Å². The molecule has 0 fully saturated rings. The van der Waals surface area contributed by atoms with Crippen molar-refractivity contribution in [1.82, 2.24) is 10.3 Å². The predicted octanol–water partition coefficient (Wildman–Crippen LogP) is -0.945. The van der Waals surface area contributed by atoms with Gasteiger partial charge in [-0.1, -0.05) is 33.6 Å². The molecular formula is C17H14BrCl3N2O-2. The molecule has 0 saturated carbocycles. The van der Waals surface area contributed by atoms with Crippen molar-refractivity contribution in [2.75, 3.05) is 0 Å². The van der Waals surface area contributed by atoms with Gasteiger partial charge in [-0.3, -0.25) is 4.98 Å². The zero-order chi connectivity index (χ0) is 15.4. The molecular weight excluding hydrogens is 434 g/mol. The molecule has 1 aromatic carbocycles. The van der Waals surface area contributed by atoms with Gasteiger partial charge in [0.2, 0.25) is 0 Å². The van der Waals surface area contributed by atoms with E-state index in [1.54, 1.807) is 6.20 Å². The van der Waals surface area contributed by atoms with Gasteiger partial charge in [-0.2, -0.15) is 0 Å². The number of furan rings is 1. The predicted molar refractivity (Wildman–Crippen MR) is 91.6 cm³/mol. The molecule has 24 heavy (non-hydrogen) atoms. The fraction of sp³-hybridized carbons (Fsp3) is 0.118. The van der Waals surface area contributed by atoms with Crippen molar-refractivity contribution in [2.24, 2.45) is 0 Å². The van der Waals surface area contributed by atoms with Crippen LogP contribution in [-0.4, -0.2) is 4.98 Å². The highest BCUT2D eigenvalue weighted by atomic mass is 79.9. The maximum absolute atomic E-state index is 6.25. The van der Waals surface area contributed by atoms with Gasteiger partial charge >= 0.3 is 0 Å². The highest BCUT2D eigenvalue weighted by Gasteiger charge is 2.09. The molecule has 0 aliphatic rings. The molecule has 0 amide bonds. The number of nitrogens with zero attached hydrogens (tertiary/aromatic N) is 1. The number of pyridine rings is 1. The van der Waals surface area contributed by atoms with E-state index in [0.717, 1.165) is 33.7 Å². The number of hydrogen-bond acceptors (Lipinski definition) is 3. The minimum Gasteiger partial charge on any atom is -1.00 e. The van der Waals surface area contributed by atoms with E-state index in [1.165, 1.54) is 0 Å². The summed E-state index contributed by atoms with van der Waals surface area (Å²) in [5, 5.41) is 4.00. The number of benzene rings is 1. The summed E-state index contributed by atoms with van der Waals surface area (Å²) >= 11 is 9.65. The van der Waals surface area contributed by atoms with Crippen molar-refractivity contribution in [3.05, 3.63) is 75.7 Å². The third-order valence-corrected chi connectivity index (χ3v) is 4.02. The zero-order valence-corrected chi connectivity index (χ0v) is 16.3. The Morgan fingerprint density at radius 1 is 1.08 bits per heavy atom. The molecule has 0 radical (unpaired) electrons. The van der Waals surface area contributed by atoms with E-state index >= 15 is 0 Å². The van der Waals surface area contributed by atoms with Crippen LogP contribution in [-0.2, 0) is 13.1 Å². The Labute approximate surface area is 166 Å². The largest absolute Gasteiger partial charge is 1.00 e. The molecule has 0 unspecified atom stereocenters. The summed E-state index contributed by atoms with van der Waals surface area (Å²) in [6, 6.07) is 13.6. The monoisotopic (exact) mass is 446 g/mol. The number of rotatable bonds is 5. The zero-order valence-electron chi connectivity index (χ0n) is 12.5. The standard InChI is InChI=1S/C17H14BrClN2O.2ClH/c18-13-3-5-15(16(19)8-13)17-6-4-14(22-17)11-21-10-12-2-1-7-20-9-12;;/h1-9,21H,10-11H2;2*1H/p-2. The van der Waals surface area contributed by atoms with Crippen molar-refractivity contribution >= 4 is 27.5 Å². The van der Waals surface area contributed by atoms with Gasteiger partial charge < -0.3 is 34.5 Å². The highest BCUT2D eigenvalue weighted by molar-refractivity contribution is 9.10. The Hall–Kier alpha value is -1.04. The molecule has 0 aliphatic carbocycles. The summed E-state index contributed by atoms with van der Waals surface area (Å²) in [5.74, 6) is 1.65. The molecule has 0 saturated heterocycles. The second-order valence-electron chi connectivity index (χ2n) is 4.85. The number of nitrogens with one attached hydrogen (secondary N) is 1. The first kappa shape index (κ1) is 21.0. The first-order chi connectivity index (χ1) is 10.7. The van der Waals surface area contributed by atoms with Crippen LogP contribution >= 0.6 is 27.5 Å². The van der Waals surface area contributed by atoms with Crippen molar-refractivity contribution < 1.29 is 29.2 Å². The van der Waals surface area contributed by atoms with E-state index in [0.29, 0.717) is 11.6 Å². The van der Waals surface area contributed by atoms with Crippen LogP contribution in [0.3, 0.4) is 0 Å². The van der Waals surface area contributed by atoms with Crippen LogP contribution in [0.4, 0.5) is 0 Å². The average molecular weight is 449 g/mol. The second kappa shape index (κ2) is 10.1. The van der Waals surface area contributed by atoms with E-state index in [4.69, 9.17) is 16.0 Å². The van der Waals surface area contributed by atoms with Crippen LogP contribution < -0.4 is 30.1 Å². The molecule has 128 valence electrons. The van der Waals surface area contributed by atoms with Crippen LogP contribution in [0.1, 0.15) is 11.3 Å². The quantitative estimate of drug-likeness (QED) is 0.548. The molecule has 0 spiro atoms. The van der Waals surface area contributed by atoms with Gasteiger partial charge in [0, 0.05) is 29.0 Å². The van der Waals surface area contributed by atoms with Gasteiger partial charge in [0.1, 0.15) is 11.5 Å². The van der Waals surface area contributed by atoms with E-state index in [9.17, 15) is 0 Å². The molecule has 2 heterocycles. The van der Waals surface area contributed by atoms with Crippen LogP contribution in [0.15, 0.2) is 63.7 Å². The lowest BCUT2D eigenvalue weighted by molar-refractivity contribution is -0.00100. The number of aromatic nitrogens is 1. The number of halogens is 4. The van der Waals surface area contributed by atoms with Crippen molar-refractivity contribution in [1.29, 1.82) is 0 Å². The Balaban J connectivity index is 0.00000144. The van der Waals surface area contributed by atoms with Gasteiger partial charge in [-0.05, 0) is 42.0 Å². The molecule has 0 atom stereocenters. The summed E-state index contributed by atoms with van der Waals surface area (Å²) in [4.78, 5) is 4.09. The summed E-state index contributed by atoms with van der Waals surface area (Å²) in [7, 11) is 0. The molecule has 2 aromatic heterocycles. The molecule has 3 rings (SSSR count). The third-order valence-electron chi connectivity index (χ3n) is 3.21. The Kier molecular flexibility index (Phi) is 8.81. The minimum atomic E-state index is 0. The Morgan fingerprint density at radius 3 is 2.62 bits per heavy atom. The lowest BCUT2D eigenvalue weighted by atomic mass is 10.2. The lowest BCUT2D eigenvalue weighted by Crippen LogP contribution is -3.00. The maximum atomic E-state index is 6.25. The van der Waals surface area contributed by atoms with Crippen LogP contribution in [0, 0.1) is 0 Å². The molecule has 0 aliphatic heterocycles. The maximum Gasteiger partial charge on any atom is 0.135 e. The first-order valence-electron chi connectivity index (χ1n) is 6.86. The average Bonchev–Trinajstić information content (AvgIpc) is 2.97. The summed E-state index contributed by atoms with van der Waals surface area (Å²) in [6.45, 7) is 1.41. The normalized spacial score (nSPS) is 9.92. The molecule has 3 aromatic rings. The summed E-state index contributed by atoms with van der Waals surface area (Å²) < 4.78 is 6.80. The van der Waals surface area contributed by atoms with Crippen molar-refractivity contribution in [3.63, 3.8) is 0 Å². The third kappa shape index (κ3) is 5.50. The fourth-order valence-corrected chi connectivity index (χ4v) is 2.91. The fourth-order valence-electron chi connectivity index (χ4n) is 2.14. The SMILES string of the molecule is Clc1cc(Br)ccc1-c1ccc(CNCc2cccnc2)o1.[Cl-].[Cl-]. The van der Waals surface area contributed by atoms with Gasteiger partial charge in [-0.25, -0.2) is 0 Å². The van der Waals surface area contributed by atoms with Gasteiger partial charge in [0.25, 0.3) is 0 Å². The Bertz CT molecular complexity index is 766. The molecule has 7 heteroatoms. The van der Waals surface area contributed by atoms with E-state index in [-0.39, 0.29) is 24.8 Å². The molecule has 1 N–H and O–H groups in total. The van der Waals surface area contributed by atoms with Gasteiger partial charge in [-0.15, -0.1) is 0 Å². The van der Waals surface area contributed by atoms with E-state index in [2.05, 4.69) is 26.2 Å². The topological polar surface area (TPSA) is 38.1 Å². The summed E-state index contributed by atoms with van der Waals surface area (Å²) in [5.41, 5.74) is 2.04. The smallest absolute Gasteiger partial charge is 0.135 e. The molecule has 3 nitrogen and oxygen atoms in total. The number of hydrogen-bond donors (Lipinski definition) is 1.